The summed E-state index contributed by atoms with van der Waals surface area (Å²) in [7, 11) is 0. The largest absolute Gasteiger partial charge is 0.504 e. The summed E-state index contributed by atoms with van der Waals surface area (Å²) in [6.07, 6.45) is 0. The second-order valence-electron chi connectivity index (χ2n) is 6.33. The van der Waals surface area contributed by atoms with Crippen molar-refractivity contribution < 1.29 is 14.6 Å². The number of nitrogens with zero attached hydrogens (tertiary/aromatic N) is 2. The van der Waals surface area contributed by atoms with Gasteiger partial charge in [-0.3, -0.25) is 14.8 Å². The van der Waals surface area contributed by atoms with Gasteiger partial charge in [0.15, 0.2) is 17.2 Å². The molecule has 2 N–H and O–H groups in total. The molecule has 0 unspecified atom stereocenters. The number of anilines is 1. The summed E-state index contributed by atoms with van der Waals surface area (Å²) in [5.74, 6) is 0.310. The van der Waals surface area contributed by atoms with Gasteiger partial charge in [0.25, 0.3) is 5.91 Å². The number of nitrogens with one attached hydrogen (secondary N) is 1. The summed E-state index contributed by atoms with van der Waals surface area (Å²) in [5, 5.41) is 17.2. The molecule has 0 saturated heterocycles. The first-order valence-electron chi connectivity index (χ1n) is 8.61. The maximum absolute atomic E-state index is 13.1. The molecular formula is C20H18BrN3O3. The molecule has 0 saturated carbocycles. The van der Waals surface area contributed by atoms with Gasteiger partial charge in [0.1, 0.15) is 0 Å². The lowest BCUT2D eigenvalue weighted by atomic mass is 9.98. The van der Waals surface area contributed by atoms with Crippen LogP contribution >= 0.6 is 15.9 Å². The van der Waals surface area contributed by atoms with Crippen molar-refractivity contribution in [1.29, 1.82) is 0 Å². The average Bonchev–Trinajstić information content (AvgIpc) is 3.17. The van der Waals surface area contributed by atoms with Crippen LogP contribution in [0.5, 0.6) is 11.5 Å². The fourth-order valence-corrected chi connectivity index (χ4v) is 3.72. The average molecular weight is 428 g/mol. The van der Waals surface area contributed by atoms with Crippen molar-refractivity contribution in [2.24, 2.45) is 0 Å². The summed E-state index contributed by atoms with van der Waals surface area (Å²) >= 11 is 3.43. The molecule has 3 aromatic rings. The highest BCUT2D eigenvalue weighted by molar-refractivity contribution is 9.10. The van der Waals surface area contributed by atoms with Gasteiger partial charge in [-0.05, 0) is 55.8 Å². The number of H-pyrrole nitrogens is 1. The number of phenolic OH excluding ortho intramolecular Hbond substituents is 1. The number of rotatable bonds is 4. The standard InChI is InChI=1S/C20H18BrN3O3/c1-3-27-16-10-12(4-9-15(16)25)19-17-11(2)22-23-18(17)20(26)24(19)14-7-5-13(21)6-8-14/h4-10,19,25H,3H2,1-2H3,(H,22,23)/t19-/m1/s1. The zero-order valence-electron chi connectivity index (χ0n) is 14.9. The number of hydrogen-bond donors (Lipinski definition) is 2. The van der Waals surface area contributed by atoms with Gasteiger partial charge < -0.3 is 9.84 Å². The van der Waals surface area contributed by atoms with Gasteiger partial charge >= 0.3 is 0 Å². The number of amides is 1. The number of aryl methyl sites for hydroxylation is 1. The quantitative estimate of drug-likeness (QED) is 0.649. The van der Waals surface area contributed by atoms with Gasteiger partial charge in [0.2, 0.25) is 0 Å². The number of phenols is 1. The molecule has 1 aliphatic heterocycles. The van der Waals surface area contributed by atoms with Crippen LogP contribution in [0.25, 0.3) is 0 Å². The SMILES string of the molecule is CCOc1cc([C@@H]2c3c(n[nH]c3C)C(=O)N2c2ccc(Br)cc2)ccc1O. The Morgan fingerprint density at radius 3 is 2.70 bits per heavy atom. The van der Waals surface area contributed by atoms with E-state index in [4.69, 9.17) is 4.74 Å². The molecule has 6 nitrogen and oxygen atoms in total. The number of aromatic amines is 1. The zero-order valence-corrected chi connectivity index (χ0v) is 16.4. The van der Waals surface area contributed by atoms with E-state index in [2.05, 4.69) is 26.1 Å². The molecule has 0 radical (unpaired) electrons. The minimum absolute atomic E-state index is 0.0734. The van der Waals surface area contributed by atoms with Crippen LogP contribution in [0, 0.1) is 6.92 Å². The van der Waals surface area contributed by atoms with E-state index >= 15 is 0 Å². The maximum atomic E-state index is 13.1. The molecule has 138 valence electrons. The van der Waals surface area contributed by atoms with Crippen LogP contribution in [0.1, 0.15) is 40.3 Å². The van der Waals surface area contributed by atoms with Crippen molar-refractivity contribution in [2.45, 2.75) is 19.9 Å². The molecule has 0 bridgehead atoms. The normalized spacial score (nSPS) is 15.9. The van der Waals surface area contributed by atoms with Crippen LogP contribution in [0.15, 0.2) is 46.9 Å². The van der Waals surface area contributed by atoms with Crippen LogP contribution < -0.4 is 9.64 Å². The van der Waals surface area contributed by atoms with Crippen LogP contribution in [-0.4, -0.2) is 27.8 Å². The van der Waals surface area contributed by atoms with Crippen molar-refractivity contribution >= 4 is 27.5 Å². The lowest BCUT2D eigenvalue weighted by molar-refractivity contribution is 0.0988. The highest BCUT2D eigenvalue weighted by Gasteiger charge is 2.42. The summed E-state index contributed by atoms with van der Waals surface area (Å²) in [5.41, 5.74) is 3.73. The highest BCUT2D eigenvalue weighted by Crippen LogP contribution is 2.44. The third-order valence-corrected chi connectivity index (χ3v) is 5.18. The van der Waals surface area contributed by atoms with Gasteiger partial charge in [-0.15, -0.1) is 0 Å². The Labute approximate surface area is 164 Å². The summed E-state index contributed by atoms with van der Waals surface area (Å²) in [4.78, 5) is 14.8. The Balaban J connectivity index is 1.88. The minimum Gasteiger partial charge on any atom is -0.504 e. The zero-order chi connectivity index (χ0) is 19.1. The van der Waals surface area contributed by atoms with Gasteiger partial charge in [0.05, 0.1) is 12.6 Å². The first kappa shape index (κ1) is 17.6. The van der Waals surface area contributed by atoms with E-state index in [1.54, 1.807) is 17.0 Å². The smallest absolute Gasteiger partial charge is 0.279 e. The molecule has 1 amide bonds. The van der Waals surface area contributed by atoms with Crippen molar-refractivity contribution in [3.8, 4) is 11.5 Å². The van der Waals surface area contributed by atoms with Gasteiger partial charge in [-0.25, -0.2) is 0 Å². The number of carbonyl (C=O) groups is 1. The molecule has 2 heterocycles. The number of aromatic hydroxyl groups is 1. The molecular weight excluding hydrogens is 410 g/mol. The van der Waals surface area contributed by atoms with Gasteiger partial charge in [-0.2, -0.15) is 5.10 Å². The number of hydrogen-bond acceptors (Lipinski definition) is 4. The van der Waals surface area contributed by atoms with Gasteiger partial charge in [0, 0.05) is 21.4 Å². The summed E-state index contributed by atoms with van der Waals surface area (Å²) in [6.45, 7) is 4.20. The Bertz CT molecular complexity index is 1010. The second kappa shape index (κ2) is 6.74. The van der Waals surface area contributed by atoms with Crippen molar-refractivity contribution in [3.05, 3.63) is 69.5 Å². The first-order valence-corrected chi connectivity index (χ1v) is 9.40. The van der Waals surface area contributed by atoms with Crippen molar-refractivity contribution in [2.75, 3.05) is 11.5 Å². The molecule has 1 aromatic heterocycles. The van der Waals surface area contributed by atoms with E-state index in [1.807, 2.05) is 44.2 Å². The number of fused-ring (bicyclic) bond motifs is 1. The Morgan fingerprint density at radius 1 is 1.26 bits per heavy atom. The fraction of sp³-hybridized carbons (Fsp3) is 0.200. The Hall–Kier alpha value is -2.80. The minimum atomic E-state index is -0.354. The van der Waals surface area contributed by atoms with Crippen LogP contribution in [0.3, 0.4) is 0 Å². The predicted octanol–water partition coefficient (Wildman–Crippen LogP) is 4.33. The molecule has 1 aliphatic rings. The highest BCUT2D eigenvalue weighted by atomic mass is 79.9. The monoisotopic (exact) mass is 427 g/mol. The van der Waals surface area contributed by atoms with E-state index in [0.29, 0.717) is 18.1 Å². The molecule has 0 fully saturated rings. The Morgan fingerprint density at radius 2 is 2.00 bits per heavy atom. The molecule has 27 heavy (non-hydrogen) atoms. The fourth-order valence-electron chi connectivity index (χ4n) is 3.45. The third-order valence-electron chi connectivity index (χ3n) is 4.65. The second-order valence-corrected chi connectivity index (χ2v) is 7.24. The first-order chi connectivity index (χ1) is 13.0. The molecule has 1 atom stereocenters. The van der Waals surface area contributed by atoms with E-state index in [1.165, 1.54) is 0 Å². The molecule has 4 rings (SSSR count). The maximum Gasteiger partial charge on any atom is 0.279 e. The van der Waals surface area contributed by atoms with E-state index in [-0.39, 0.29) is 17.7 Å². The lowest BCUT2D eigenvalue weighted by Crippen LogP contribution is -2.29. The van der Waals surface area contributed by atoms with Crippen LogP contribution in [0.4, 0.5) is 5.69 Å². The van der Waals surface area contributed by atoms with Gasteiger partial charge in [-0.1, -0.05) is 22.0 Å². The topological polar surface area (TPSA) is 78.5 Å². The predicted molar refractivity (Wildman–Crippen MR) is 105 cm³/mol. The number of aromatic nitrogens is 2. The Kier molecular flexibility index (Phi) is 4.39. The number of benzene rings is 2. The summed E-state index contributed by atoms with van der Waals surface area (Å²) in [6, 6.07) is 12.4. The molecule has 0 spiro atoms. The number of carbonyl (C=O) groups excluding carboxylic acids is 1. The lowest BCUT2D eigenvalue weighted by Gasteiger charge is -2.26. The third kappa shape index (κ3) is 2.88. The van der Waals surface area contributed by atoms with Crippen LogP contribution in [-0.2, 0) is 0 Å². The molecule has 7 heteroatoms. The van der Waals surface area contributed by atoms with E-state index < -0.39 is 0 Å². The molecule has 0 aliphatic carbocycles. The van der Waals surface area contributed by atoms with Crippen LogP contribution in [0.2, 0.25) is 0 Å². The van der Waals surface area contributed by atoms with Crippen molar-refractivity contribution in [1.82, 2.24) is 10.2 Å². The van der Waals surface area contributed by atoms with E-state index in [0.717, 1.165) is 27.0 Å². The summed E-state index contributed by atoms with van der Waals surface area (Å²) < 4.78 is 6.47. The number of halogens is 1. The molecule has 2 aromatic carbocycles. The number of ether oxygens (including phenoxy) is 1. The van der Waals surface area contributed by atoms with E-state index in [9.17, 15) is 9.90 Å². The van der Waals surface area contributed by atoms with Crippen molar-refractivity contribution in [3.63, 3.8) is 0 Å².